The Morgan fingerprint density at radius 1 is 1.53 bits per heavy atom. The van der Waals surface area contributed by atoms with Gasteiger partial charge in [-0.25, -0.2) is 8.42 Å². The van der Waals surface area contributed by atoms with Gasteiger partial charge in [-0.2, -0.15) is 4.72 Å². The number of nitrogens with one attached hydrogen (secondary N) is 1. The summed E-state index contributed by atoms with van der Waals surface area (Å²) in [7, 11) is -3.59. The highest BCUT2D eigenvalue weighted by atomic mass is 32.2. The standard InChI is InChI=1S/C12H16N2O2S/c1-4-9(3)14-17(15,16)11-7-6-10(5-2)12(13)8-11/h1,6-9,14H,5,13H2,2-3H3. The summed E-state index contributed by atoms with van der Waals surface area (Å²) in [5.41, 5.74) is 7.16. The second-order valence-electron chi connectivity index (χ2n) is 3.72. The first-order chi connectivity index (χ1) is 7.90. The summed E-state index contributed by atoms with van der Waals surface area (Å²) in [6, 6.07) is 4.14. The Labute approximate surface area is 102 Å². The molecule has 0 bridgehead atoms. The first-order valence-corrected chi connectivity index (χ1v) is 6.76. The molecule has 17 heavy (non-hydrogen) atoms. The van der Waals surface area contributed by atoms with Crippen LogP contribution in [0.25, 0.3) is 0 Å². The SMILES string of the molecule is C#CC(C)NS(=O)(=O)c1ccc(CC)c(N)c1. The highest BCUT2D eigenvalue weighted by Crippen LogP contribution is 2.18. The van der Waals surface area contributed by atoms with Gasteiger partial charge in [-0.15, -0.1) is 6.42 Å². The van der Waals surface area contributed by atoms with Gasteiger partial charge in [-0.05, 0) is 31.0 Å². The molecule has 1 unspecified atom stereocenters. The van der Waals surface area contributed by atoms with Crippen LogP contribution in [0, 0.1) is 12.3 Å². The third-order valence-corrected chi connectivity index (χ3v) is 3.93. The summed E-state index contributed by atoms with van der Waals surface area (Å²) in [5.74, 6) is 2.31. The number of hydrogen-bond acceptors (Lipinski definition) is 3. The van der Waals surface area contributed by atoms with Crippen LogP contribution in [0.5, 0.6) is 0 Å². The molecule has 0 aliphatic heterocycles. The fourth-order valence-electron chi connectivity index (χ4n) is 1.40. The lowest BCUT2D eigenvalue weighted by Gasteiger charge is -2.10. The number of terminal acetylenes is 1. The maximum Gasteiger partial charge on any atom is 0.241 e. The van der Waals surface area contributed by atoms with Crippen molar-refractivity contribution in [3.05, 3.63) is 23.8 Å². The molecule has 0 saturated carbocycles. The largest absolute Gasteiger partial charge is 0.398 e. The normalized spacial score (nSPS) is 13.0. The molecule has 1 rings (SSSR count). The number of rotatable bonds is 4. The maximum atomic E-state index is 11.9. The number of hydrogen-bond donors (Lipinski definition) is 2. The lowest BCUT2D eigenvalue weighted by Crippen LogP contribution is -2.31. The van der Waals surface area contributed by atoms with Gasteiger partial charge in [0, 0.05) is 5.69 Å². The van der Waals surface area contributed by atoms with Crippen molar-refractivity contribution >= 4 is 15.7 Å². The van der Waals surface area contributed by atoms with E-state index in [1.54, 1.807) is 13.0 Å². The van der Waals surface area contributed by atoms with E-state index in [1.165, 1.54) is 12.1 Å². The molecule has 0 radical (unpaired) electrons. The maximum absolute atomic E-state index is 11.9. The molecule has 4 nitrogen and oxygen atoms in total. The summed E-state index contributed by atoms with van der Waals surface area (Å²) in [6.07, 6.45) is 5.90. The van der Waals surface area contributed by atoms with Crippen LogP contribution < -0.4 is 10.5 Å². The Morgan fingerprint density at radius 2 is 2.18 bits per heavy atom. The van der Waals surface area contributed by atoms with Gasteiger partial charge in [-0.1, -0.05) is 18.9 Å². The predicted octanol–water partition coefficient (Wildman–Crippen LogP) is 1.13. The molecule has 0 aromatic heterocycles. The fraction of sp³-hybridized carbons (Fsp3) is 0.333. The quantitative estimate of drug-likeness (QED) is 0.623. The van der Waals surface area contributed by atoms with Gasteiger partial charge in [0.2, 0.25) is 10.0 Å². The molecule has 5 heteroatoms. The number of anilines is 1. The number of aryl methyl sites for hydroxylation is 1. The number of benzene rings is 1. The fourth-order valence-corrected chi connectivity index (χ4v) is 2.60. The van der Waals surface area contributed by atoms with Gasteiger partial charge in [-0.3, -0.25) is 0 Å². The lowest BCUT2D eigenvalue weighted by molar-refractivity contribution is 0.577. The van der Waals surface area contributed by atoms with Crippen LogP contribution in [0.15, 0.2) is 23.1 Å². The van der Waals surface area contributed by atoms with Crippen molar-refractivity contribution in [2.45, 2.75) is 31.2 Å². The molecule has 0 fully saturated rings. The summed E-state index contributed by atoms with van der Waals surface area (Å²) < 4.78 is 26.1. The van der Waals surface area contributed by atoms with Crippen molar-refractivity contribution in [3.8, 4) is 12.3 Å². The molecule has 0 aliphatic rings. The highest BCUT2D eigenvalue weighted by Gasteiger charge is 2.16. The van der Waals surface area contributed by atoms with E-state index in [9.17, 15) is 8.42 Å². The van der Waals surface area contributed by atoms with Gasteiger partial charge < -0.3 is 5.73 Å². The van der Waals surface area contributed by atoms with Crippen LogP contribution in [-0.2, 0) is 16.4 Å². The van der Waals surface area contributed by atoms with E-state index >= 15 is 0 Å². The van der Waals surface area contributed by atoms with Crippen LogP contribution >= 0.6 is 0 Å². The Balaban J connectivity index is 3.09. The molecule has 0 amide bonds. The molecule has 1 aromatic rings. The average molecular weight is 252 g/mol. The molecule has 0 heterocycles. The number of sulfonamides is 1. The summed E-state index contributed by atoms with van der Waals surface area (Å²) in [6.45, 7) is 3.56. The number of nitrogen functional groups attached to an aromatic ring is 1. The molecular formula is C12H16N2O2S. The Morgan fingerprint density at radius 3 is 2.65 bits per heavy atom. The topological polar surface area (TPSA) is 72.2 Å². The van der Waals surface area contributed by atoms with E-state index in [2.05, 4.69) is 10.6 Å². The van der Waals surface area contributed by atoms with E-state index in [4.69, 9.17) is 12.2 Å². The highest BCUT2D eigenvalue weighted by molar-refractivity contribution is 7.89. The first kappa shape index (κ1) is 13.6. The van der Waals surface area contributed by atoms with Crippen molar-refractivity contribution < 1.29 is 8.42 Å². The molecule has 3 N–H and O–H groups in total. The van der Waals surface area contributed by atoms with Crippen LogP contribution in [0.3, 0.4) is 0 Å². The zero-order valence-electron chi connectivity index (χ0n) is 9.90. The van der Waals surface area contributed by atoms with Crippen LogP contribution in [0.4, 0.5) is 5.69 Å². The van der Waals surface area contributed by atoms with E-state index in [0.717, 1.165) is 12.0 Å². The summed E-state index contributed by atoms with van der Waals surface area (Å²) >= 11 is 0. The molecular weight excluding hydrogens is 236 g/mol. The summed E-state index contributed by atoms with van der Waals surface area (Å²) in [5, 5.41) is 0. The van der Waals surface area contributed by atoms with Crippen LogP contribution in [0.1, 0.15) is 19.4 Å². The van der Waals surface area contributed by atoms with Crippen LogP contribution in [-0.4, -0.2) is 14.5 Å². The van der Waals surface area contributed by atoms with Gasteiger partial charge in [0.05, 0.1) is 10.9 Å². The minimum absolute atomic E-state index is 0.134. The van der Waals surface area contributed by atoms with E-state index < -0.39 is 16.1 Å². The van der Waals surface area contributed by atoms with Crippen molar-refractivity contribution in [1.29, 1.82) is 0 Å². The Bertz CT molecular complexity index is 544. The second-order valence-corrected chi connectivity index (χ2v) is 5.44. The van der Waals surface area contributed by atoms with Gasteiger partial charge in [0.1, 0.15) is 0 Å². The van der Waals surface area contributed by atoms with E-state index in [-0.39, 0.29) is 4.90 Å². The minimum atomic E-state index is -3.59. The van der Waals surface area contributed by atoms with E-state index in [0.29, 0.717) is 5.69 Å². The van der Waals surface area contributed by atoms with Crippen LogP contribution in [0.2, 0.25) is 0 Å². The van der Waals surface area contributed by atoms with Crippen molar-refractivity contribution in [1.82, 2.24) is 4.72 Å². The Kier molecular flexibility index (Phi) is 4.16. The third kappa shape index (κ3) is 3.22. The van der Waals surface area contributed by atoms with Gasteiger partial charge in [0.25, 0.3) is 0 Å². The summed E-state index contributed by atoms with van der Waals surface area (Å²) in [4.78, 5) is 0.134. The monoisotopic (exact) mass is 252 g/mol. The predicted molar refractivity (Wildman–Crippen MR) is 68.8 cm³/mol. The van der Waals surface area contributed by atoms with Gasteiger partial charge in [0.15, 0.2) is 0 Å². The Hall–Kier alpha value is -1.51. The zero-order valence-corrected chi connectivity index (χ0v) is 10.7. The smallest absolute Gasteiger partial charge is 0.241 e. The average Bonchev–Trinajstić information content (AvgIpc) is 2.28. The molecule has 0 aliphatic carbocycles. The van der Waals surface area contributed by atoms with Crippen molar-refractivity contribution in [2.75, 3.05) is 5.73 Å². The molecule has 1 aromatic carbocycles. The number of nitrogens with two attached hydrogens (primary N) is 1. The molecule has 0 spiro atoms. The zero-order chi connectivity index (χ0) is 13.1. The van der Waals surface area contributed by atoms with E-state index in [1.807, 2.05) is 6.92 Å². The van der Waals surface area contributed by atoms with Gasteiger partial charge >= 0.3 is 0 Å². The second kappa shape index (κ2) is 5.21. The molecule has 92 valence electrons. The van der Waals surface area contributed by atoms with Crippen molar-refractivity contribution in [3.63, 3.8) is 0 Å². The van der Waals surface area contributed by atoms with Crippen molar-refractivity contribution in [2.24, 2.45) is 0 Å². The lowest BCUT2D eigenvalue weighted by atomic mass is 10.1. The third-order valence-electron chi connectivity index (χ3n) is 2.39. The first-order valence-electron chi connectivity index (χ1n) is 5.27. The molecule has 1 atom stereocenters. The molecule has 0 saturated heterocycles. The minimum Gasteiger partial charge on any atom is -0.398 e.